The SMILES string of the molecule is Cc1ccccc1-n1c(=C(C#N)C(=O)C(C)(C)C)sc(=Cc2c(Cl)cccc2Cl)c1=O. The van der Waals surface area contributed by atoms with Crippen molar-refractivity contribution in [2.24, 2.45) is 5.41 Å². The number of aryl methyl sites for hydroxylation is 1. The third-order valence-corrected chi connectivity index (χ3v) is 6.44. The highest BCUT2D eigenvalue weighted by molar-refractivity contribution is 7.07. The summed E-state index contributed by atoms with van der Waals surface area (Å²) in [6.07, 6.45) is 1.60. The highest BCUT2D eigenvalue weighted by Crippen LogP contribution is 2.25. The smallest absolute Gasteiger partial charge is 0.273 e. The number of thiazole rings is 1. The van der Waals surface area contributed by atoms with Crippen LogP contribution in [-0.4, -0.2) is 10.4 Å². The molecule has 7 heteroatoms. The van der Waals surface area contributed by atoms with Gasteiger partial charge >= 0.3 is 0 Å². The number of nitriles is 1. The average molecular weight is 471 g/mol. The number of hydrogen-bond acceptors (Lipinski definition) is 4. The molecule has 0 saturated heterocycles. The Kier molecular flexibility index (Phi) is 6.56. The minimum atomic E-state index is -0.780. The van der Waals surface area contributed by atoms with E-state index in [-0.39, 0.29) is 21.6 Å². The van der Waals surface area contributed by atoms with Gasteiger partial charge in [0.1, 0.15) is 16.3 Å². The van der Waals surface area contributed by atoms with Crippen molar-refractivity contribution in [2.75, 3.05) is 0 Å². The topological polar surface area (TPSA) is 62.9 Å². The number of halogens is 2. The van der Waals surface area contributed by atoms with Crippen LogP contribution >= 0.6 is 34.5 Å². The molecule has 0 aliphatic carbocycles. The summed E-state index contributed by atoms with van der Waals surface area (Å²) in [4.78, 5) is 26.5. The van der Waals surface area contributed by atoms with Gasteiger partial charge in [0.05, 0.1) is 10.2 Å². The van der Waals surface area contributed by atoms with Gasteiger partial charge in [-0.3, -0.25) is 14.2 Å². The van der Waals surface area contributed by atoms with Crippen molar-refractivity contribution in [3.63, 3.8) is 0 Å². The molecule has 0 fully saturated rings. The van der Waals surface area contributed by atoms with Gasteiger partial charge in [-0.2, -0.15) is 5.26 Å². The van der Waals surface area contributed by atoms with Crippen LogP contribution in [-0.2, 0) is 4.79 Å². The number of rotatable bonds is 3. The summed E-state index contributed by atoms with van der Waals surface area (Å²) in [6.45, 7) is 7.10. The Bertz CT molecular complexity index is 1380. The first-order chi connectivity index (χ1) is 14.6. The van der Waals surface area contributed by atoms with E-state index in [1.807, 2.05) is 31.2 Å². The van der Waals surface area contributed by atoms with Crippen LogP contribution < -0.4 is 14.8 Å². The van der Waals surface area contributed by atoms with Gasteiger partial charge in [0.25, 0.3) is 5.56 Å². The number of carbonyl (C=O) groups excluding carboxylic acids is 1. The fraction of sp³-hybridized carbons (Fsp3) is 0.208. The molecule has 0 aliphatic rings. The fourth-order valence-corrected chi connectivity index (χ4v) is 4.62. The molecular weight excluding hydrogens is 451 g/mol. The maximum Gasteiger partial charge on any atom is 0.273 e. The van der Waals surface area contributed by atoms with Gasteiger partial charge in [-0.05, 0) is 36.8 Å². The molecule has 2 aromatic carbocycles. The Balaban J connectivity index is 2.52. The molecule has 0 atom stereocenters. The van der Waals surface area contributed by atoms with Crippen molar-refractivity contribution in [2.45, 2.75) is 27.7 Å². The predicted molar refractivity (Wildman–Crippen MR) is 127 cm³/mol. The molecule has 0 saturated carbocycles. The Labute approximate surface area is 194 Å². The Morgan fingerprint density at radius 2 is 1.71 bits per heavy atom. The van der Waals surface area contributed by atoms with E-state index in [1.54, 1.807) is 51.1 Å². The minimum absolute atomic E-state index is 0.0530. The lowest BCUT2D eigenvalue weighted by Crippen LogP contribution is -2.33. The molecule has 0 N–H and O–H groups in total. The van der Waals surface area contributed by atoms with Gasteiger partial charge in [0.2, 0.25) is 0 Å². The van der Waals surface area contributed by atoms with Crippen LogP contribution in [0.5, 0.6) is 0 Å². The maximum atomic E-state index is 13.5. The molecule has 158 valence electrons. The largest absolute Gasteiger partial charge is 0.293 e. The lowest BCUT2D eigenvalue weighted by atomic mass is 9.87. The molecule has 0 unspecified atom stereocenters. The monoisotopic (exact) mass is 470 g/mol. The second-order valence-corrected chi connectivity index (χ2v) is 9.89. The lowest BCUT2D eigenvalue weighted by Gasteiger charge is -2.15. The number of nitrogens with zero attached hydrogens (tertiary/aromatic N) is 2. The highest BCUT2D eigenvalue weighted by Gasteiger charge is 2.27. The van der Waals surface area contributed by atoms with E-state index in [0.717, 1.165) is 16.9 Å². The molecule has 31 heavy (non-hydrogen) atoms. The van der Waals surface area contributed by atoms with Crippen molar-refractivity contribution >= 4 is 52.0 Å². The van der Waals surface area contributed by atoms with Crippen LogP contribution in [0.3, 0.4) is 0 Å². The van der Waals surface area contributed by atoms with E-state index in [2.05, 4.69) is 0 Å². The second-order valence-electron chi connectivity index (χ2n) is 8.04. The molecule has 1 heterocycles. The van der Waals surface area contributed by atoms with E-state index in [4.69, 9.17) is 23.2 Å². The Morgan fingerprint density at radius 3 is 2.26 bits per heavy atom. The first-order valence-electron chi connectivity index (χ1n) is 9.49. The summed E-state index contributed by atoms with van der Waals surface area (Å²) in [5.41, 5.74) is 0.776. The zero-order valence-corrected chi connectivity index (χ0v) is 19.8. The molecule has 0 aliphatic heterocycles. The molecule has 4 nitrogen and oxygen atoms in total. The van der Waals surface area contributed by atoms with Crippen LogP contribution in [0.1, 0.15) is 31.9 Å². The normalized spacial score (nSPS) is 13.1. The first kappa shape index (κ1) is 23.0. The second kappa shape index (κ2) is 8.84. The third kappa shape index (κ3) is 4.52. The van der Waals surface area contributed by atoms with Gasteiger partial charge < -0.3 is 0 Å². The molecule has 3 rings (SSSR count). The van der Waals surface area contributed by atoms with E-state index < -0.39 is 5.41 Å². The molecule has 0 spiro atoms. The molecular formula is C24H20Cl2N2O2S. The van der Waals surface area contributed by atoms with Gasteiger partial charge in [0.15, 0.2) is 5.78 Å². The van der Waals surface area contributed by atoms with E-state index in [0.29, 0.717) is 25.8 Å². The van der Waals surface area contributed by atoms with Gasteiger partial charge in [0, 0.05) is 21.0 Å². The quantitative estimate of drug-likeness (QED) is 0.560. The standard InChI is InChI=1S/C24H20Cl2N2O2S/c1-14-8-5-6-11-19(14)28-22(30)20(12-15-17(25)9-7-10-18(15)26)31-23(28)16(13-27)21(29)24(2,3)4/h5-12H,1-4H3. The maximum absolute atomic E-state index is 13.5. The van der Waals surface area contributed by atoms with Crippen LogP contribution in [0, 0.1) is 23.7 Å². The van der Waals surface area contributed by atoms with Gasteiger partial charge in [-0.15, -0.1) is 11.3 Å². The predicted octanol–water partition coefficient (Wildman–Crippen LogP) is 4.63. The van der Waals surface area contributed by atoms with Crippen molar-refractivity contribution in [3.05, 3.63) is 83.2 Å². The summed E-state index contributed by atoms with van der Waals surface area (Å²) in [5.74, 6) is -0.332. The molecule has 1 aromatic heterocycles. The van der Waals surface area contributed by atoms with E-state index in [9.17, 15) is 14.9 Å². The summed E-state index contributed by atoms with van der Waals surface area (Å²) in [6, 6.07) is 14.4. The Hall–Kier alpha value is -2.65. The fourth-order valence-electron chi connectivity index (χ4n) is 3.03. The minimum Gasteiger partial charge on any atom is -0.293 e. The van der Waals surface area contributed by atoms with E-state index >= 15 is 0 Å². The van der Waals surface area contributed by atoms with Crippen LogP contribution in [0.4, 0.5) is 0 Å². The number of carbonyl (C=O) groups is 1. The van der Waals surface area contributed by atoms with Crippen LogP contribution in [0.15, 0.2) is 47.3 Å². The number of ketones is 1. The number of Topliss-reactive ketones (excluding diaryl/α,β-unsaturated/α-hetero) is 1. The van der Waals surface area contributed by atoms with E-state index in [1.165, 1.54) is 4.57 Å². The highest BCUT2D eigenvalue weighted by atomic mass is 35.5. The summed E-state index contributed by atoms with van der Waals surface area (Å²) in [7, 11) is 0. The zero-order chi connectivity index (χ0) is 22.9. The zero-order valence-electron chi connectivity index (χ0n) is 17.5. The van der Waals surface area contributed by atoms with Crippen LogP contribution in [0.2, 0.25) is 10.0 Å². The molecule has 0 bridgehead atoms. The van der Waals surface area contributed by atoms with Crippen molar-refractivity contribution in [1.82, 2.24) is 4.57 Å². The average Bonchev–Trinajstić information content (AvgIpc) is 3.01. The van der Waals surface area contributed by atoms with Crippen molar-refractivity contribution in [1.29, 1.82) is 5.26 Å². The van der Waals surface area contributed by atoms with Crippen molar-refractivity contribution in [3.8, 4) is 11.8 Å². The Morgan fingerprint density at radius 1 is 1.10 bits per heavy atom. The number of hydrogen-bond donors (Lipinski definition) is 0. The lowest BCUT2D eigenvalue weighted by molar-refractivity contribution is -0.120. The molecule has 0 radical (unpaired) electrons. The summed E-state index contributed by atoms with van der Waals surface area (Å²) >= 11 is 13.7. The van der Waals surface area contributed by atoms with Crippen LogP contribution in [0.25, 0.3) is 17.3 Å². The van der Waals surface area contributed by atoms with Gasteiger partial charge in [-0.1, -0.05) is 68.2 Å². The summed E-state index contributed by atoms with van der Waals surface area (Å²) in [5, 5.41) is 10.7. The molecule has 3 aromatic rings. The summed E-state index contributed by atoms with van der Waals surface area (Å²) < 4.78 is 2.04. The third-order valence-electron chi connectivity index (χ3n) is 4.69. The number of para-hydroxylation sites is 1. The van der Waals surface area contributed by atoms with Crippen molar-refractivity contribution < 1.29 is 4.79 Å². The van der Waals surface area contributed by atoms with Gasteiger partial charge in [-0.25, -0.2) is 0 Å². The number of benzene rings is 2. The molecule has 0 amide bonds. The number of aromatic nitrogens is 1. The first-order valence-corrected chi connectivity index (χ1v) is 11.1.